The minimum absolute atomic E-state index is 0.143. The Balaban J connectivity index is 2.10. The molecule has 0 bridgehead atoms. The molecule has 0 spiro atoms. The standard InChI is InChI=1S/C17H24FN/c1-3-4-8-17(19-2)16-7-5-6-15(16)13-9-11-14(18)12-10-13/h3,9-12,15-17,19H,1,4-8H2,2H3. The molecule has 0 radical (unpaired) electrons. The number of halogens is 1. The maximum Gasteiger partial charge on any atom is 0.123 e. The first-order chi connectivity index (χ1) is 9.26. The molecule has 0 amide bonds. The van der Waals surface area contributed by atoms with Crippen LogP contribution in [0.25, 0.3) is 0 Å². The van der Waals surface area contributed by atoms with Crippen molar-refractivity contribution in [2.24, 2.45) is 5.92 Å². The molecule has 3 atom stereocenters. The first-order valence-electron chi connectivity index (χ1n) is 7.30. The minimum atomic E-state index is -0.143. The smallest absolute Gasteiger partial charge is 0.123 e. The summed E-state index contributed by atoms with van der Waals surface area (Å²) < 4.78 is 13.0. The van der Waals surface area contributed by atoms with Crippen molar-refractivity contribution < 1.29 is 4.39 Å². The van der Waals surface area contributed by atoms with Gasteiger partial charge in [-0.25, -0.2) is 4.39 Å². The fourth-order valence-corrected chi connectivity index (χ4v) is 3.46. The summed E-state index contributed by atoms with van der Waals surface area (Å²) in [4.78, 5) is 0. The van der Waals surface area contributed by atoms with Crippen LogP contribution in [0.4, 0.5) is 4.39 Å². The van der Waals surface area contributed by atoms with Gasteiger partial charge in [-0.15, -0.1) is 6.58 Å². The molecule has 2 rings (SSSR count). The van der Waals surface area contributed by atoms with Crippen molar-refractivity contribution in [3.05, 3.63) is 48.3 Å². The van der Waals surface area contributed by atoms with Crippen LogP contribution in [0.2, 0.25) is 0 Å². The maximum atomic E-state index is 13.0. The van der Waals surface area contributed by atoms with E-state index in [1.54, 1.807) is 12.1 Å². The SMILES string of the molecule is C=CCCC(NC)C1CCCC1c1ccc(F)cc1. The van der Waals surface area contributed by atoms with E-state index in [2.05, 4.69) is 11.9 Å². The predicted molar refractivity (Wildman–Crippen MR) is 78.8 cm³/mol. The Hall–Kier alpha value is -1.15. The molecule has 0 saturated heterocycles. The molecule has 1 N–H and O–H groups in total. The average Bonchev–Trinajstić information content (AvgIpc) is 2.90. The zero-order chi connectivity index (χ0) is 13.7. The number of nitrogens with one attached hydrogen (secondary N) is 1. The van der Waals surface area contributed by atoms with Crippen molar-refractivity contribution >= 4 is 0 Å². The van der Waals surface area contributed by atoms with Gasteiger partial charge in [0.05, 0.1) is 0 Å². The zero-order valence-electron chi connectivity index (χ0n) is 11.7. The Kier molecular flexibility index (Phi) is 5.15. The summed E-state index contributed by atoms with van der Waals surface area (Å²) in [6.45, 7) is 3.81. The summed E-state index contributed by atoms with van der Waals surface area (Å²) in [7, 11) is 2.05. The second-order valence-corrected chi connectivity index (χ2v) is 5.51. The maximum absolute atomic E-state index is 13.0. The van der Waals surface area contributed by atoms with Gasteiger partial charge in [-0.3, -0.25) is 0 Å². The van der Waals surface area contributed by atoms with E-state index in [4.69, 9.17) is 0 Å². The zero-order valence-corrected chi connectivity index (χ0v) is 11.7. The molecular weight excluding hydrogens is 237 g/mol. The Morgan fingerprint density at radius 2 is 2.11 bits per heavy atom. The third-order valence-electron chi connectivity index (χ3n) is 4.44. The van der Waals surface area contributed by atoms with Gasteiger partial charge >= 0.3 is 0 Å². The molecule has 3 unspecified atom stereocenters. The molecule has 104 valence electrons. The molecule has 1 aliphatic carbocycles. The third-order valence-corrected chi connectivity index (χ3v) is 4.44. The topological polar surface area (TPSA) is 12.0 Å². The van der Waals surface area contributed by atoms with Crippen LogP contribution in [0.1, 0.15) is 43.6 Å². The van der Waals surface area contributed by atoms with Gasteiger partial charge in [0.15, 0.2) is 0 Å². The lowest BCUT2D eigenvalue weighted by Crippen LogP contribution is -2.34. The van der Waals surface area contributed by atoms with Crippen LogP contribution in [0.5, 0.6) is 0 Å². The summed E-state index contributed by atoms with van der Waals surface area (Å²) in [5.74, 6) is 1.09. The van der Waals surface area contributed by atoms with E-state index in [1.807, 2.05) is 25.3 Å². The van der Waals surface area contributed by atoms with Crippen LogP contribution in [0, 0.1) is 11.7 Å². The van der Waals surface area contributed by atoms with E-state index in [0.717, 1.165) is 12.8 Å². The van der Waals surface area contributed by atoms with E-state index in [0.29, 0.717) is 17.9 Å². The van der Waals surface area contributed by atoms with Gasteiger partial charge in [0, 0.05) is 6.04 Å². The highest BCUT2D eigenvalue weighted by Gasteiger charge is 2.33. The molecule has 1 aromatic carbocycles. The lowest BCUT2D eigenvalue weighted by Gasteiger charge is -2.28. The second kappa shape index (κ2) is 6.85. The van der Waals surface area contributed by atoms with Crippen molar-refractivity contribution in [3.63, 3.8) is 0 Å². The summed E-state index contributed by atoms with van der Waals surface area (Å²) >= 11 is 0. The Labute approximate surface area is 115 Å². The predicted octanol–water partition coefficient (Wildman–Crippen LogP) is 4.26. The van der Waals surface area contributed by atoms with E-state index >= 15 is 0 Å². The molecule has 1 fully saturated rings. The van der Waals surface area contributed by atoms with Crippen LogP contribution >= 0.6 is 0 Å². The molecule has 1 aliphatic rings. The molecule has 1 aromatic rings. The highest BCUT2D eigenvalue weighted by Crippen LogP contribution is 2.42. The van der Waals surface area contributed by atoms with Crippen LogP contribution < -0.4 is 5.32 Å². The average molecular weight is 261 g/mol. The van der Waals surface area contributed by atoms with Gasteiger partial charge in [-0.05, 0) is 62.3 Å². The monoisotopic (exact) mass is 261 g/mol. The fourth-order valence-electron chi connectivity index (χ4n) is 3.46. The third kappa shape index (κ3) is 3.44. The Bertz CT molecular complexity index is 398. The number of hydrogen-bond acceptors (Lipinski definition) is 1. The quantitative estimate of drug-likeness (QED) is 0.754. The van der Waals surface area contributed by atoms with Gasteiger partial charge < -0.3 is 5.32 Å². The normalized spacial score (nSPS) is 24.3. The van der Waals surface area contributed by atoms with Gasteiger partial charge in [-0.2, -0.15) is 0 Å². The first-order valence-corrected chi connectivity index (χ1v) is 7.30. The van der Waals surface area contributed by atoms with E-state index in [1.165, 1.54) is 24.8 Å². The van der Waals surface area contributed by atoms with Gasteiger partial charge in [0.2, 0.25) is 0 Å². The molecular formula is C17H24FN. The van der Waals surface area contributed by atoms with E-state index < -0.39 is 0 Å². The van der Waals surface area contributed by atoms with Gasteiger partial charge in [-0.1, -0.05) is 24.6 Å². The highest BCUT2D eigenvalue weighted by atomic mass is 19.1. The lowest BCUT2D eigenvalue weighted by molar-refractivity contribution is 0.332. The largest absolute Gasteiger partial charge is 0.317 e. The first kappa shape index (κ1) is 14.3. The van der Waals surface area contributed by atoms with Crippen molar-refractivity contribution in [2.75, 3.05) is 7.05 Å². The molecule has 1 saturated carbocycles. The van der Waals surface area contributed by atoms with Gasteiger partial charge in [0.25, 0.3) is 0 Å². The van der Waals surface area contributed by atoms with Crippen LogP contribution in [0.15, 0.2) is 36.9 Å². The van der Waals surface area contributed by atoms with Crippen molar-refractivity contribution in [2.45, 2.75) is 44.1 Å². The second-order valence-electron chi connectivity index (χ2n) is 5.51. The number of allylic oxidation sites excluding steroid dienone is 1. The number of hydrogen-bond donors (Lipinski definition) is 1. The fraction of sp³-hybridized carbons (Fsp3) is 0.529. The van der Waals surface area contributed by atoms with E-state index in [9.17, 15) is 4.39 Å². The number of benzene rings is 1. The number of rotatable bonds is 6. The van der Waals surface area contributed by atoms with Crippen molar-refractivity contribution in [1.82, 2.24) is 5.32 Å². The minimum Gasteiger partial charge on any atom is -0.317 e. The van der Waals surface area contributed by atoms with Crippen molar-refractivity contribution in [3.8, 4) is 0 Å². The van der Waals surface area contributed by atoms with Crippen molar-refractivity contribution in [1.29, 1.82) is 0 Å². The summed E-state index contributed by atoms with van der Waals surface area (Å²) in [6.07, 6.45) is 7.96. The van der Waals surface area contributed by atoms with Gasteiger partial charge in [0.1, 0.15) is 5.82 Å². The Morgan fingerprint density at radius 1 is 1.37 bits per heavy atom. The van der Waals surface area contributed by atoms with E-state index in [-0.39, 0.29) is 5.82 Å². The van der Waals surface area contributed by atoms with Crippen LogP contribution in [-0.4, -0.2) is 13.1 Å². The summed E-state index contributed by atoms with van der Waals surface area (Å²) in [5.41, 5.74) is 1.29. The molecule has 0 aliphatic heterocycles. The molecule has 0 aromatic heterocycles. The molecule has 2 heteroatoms. The lowest BCUT2D eigenvalue weighted by atomic mass is 9.82. The summed E-state index contributed by atoms with van der Waals surface area (Å²) in [5, 5.41) is 3.47. The Morgan fingerprint density at radius 3 is 2.74 bits per heavy atom. The summed E-state index contributed by atoms with van der Waals surface area (Å²) in [6, 6.07) is 7.62. The molecule has 19 heavy (non-hydrogen) atoms. The van der Waals surface area contributed by atoms with Crippen LogP contribution in [0.3, 0.4) is 0 Å². The molecule has 0 heterocycles. The highest BCUT2D eigenvalue weighted by molar-refractivity contribution is 5.23. The molecule has 1 nitrogen and oxygen atoms in total. The van der Waals surface area contributed by atoms with Crippen LogP contribution in [-0.2, 0) is 0 Å².